The van der Waals surface area contributed by atoms with Gasteiger partial charge in [0.05, 0.1) is 13.2 Å². The van der Waals surface area contributed by atoms with E-state index in [1.165, 1.54) is 38.6 Å². The zero-order valence-electron chi connectivity index (χ0n) is 10.2. The van der Waals surface area contributed by atoms with Crippen molar-refractivity contribution in [2.45, 2.75) is 44.9 Å². The Morgan fingerprint density at radius 3 is 2.25 bits per heavy atom. The molecule has 3 nitrogen and oxygen atoms in total. The van der Waals surface area contributed by atoms with Crippen LogP contribution >= 0.6 is 0 Å². The third-order valence-corrected chi connectivity index (χ3v) is 3.11. The Balaban J connectivity index is 1.78. The highest BCUT2D eigenvalue weighted by molar-refractivity contribution is 5.50. The Kier molecular flexibility index (Phi) is 8.35. The quantitative estimate of drug-likeness (QED) is 0.564. The third kappa shape index (κ3) is 6.96. The summed E-state index contributed by atoms with van der Waals surface area (Å²) >= 11 is 0. The molecule has 0 spiro atoms. The molecule has 1 saturated heterocycles. The topological polar surface area (TPSA) is 29.5 Å². The van der Waals surface area contributed by atoms with Crippen LogP contribution < -0.4 is 0 Å². The van der Waals surface area contributed by atoms with E-state index in [2.05, 4.69) is 4.90 Å². The summed E-state index contributed by atoms with van der Waals surface area (Å²) in [5, 5.41) is 0. The summed E-state index contributed by atoms with van der Waals surface area (Å²) in [5.41, 5.74) is 0. The number of rotatable bonds is 9. The summed E-state index contributed by atoms with van der Waals surface area (Å²) in [7, 11) is 0. The number of nitrogens with zero attached hydrogens (tertiary/aromatic N) is 1. The lowest BCUT2D eigenvalue weighted by molar-refractivity contribution is 0.0371. The van der Waals surface area contributed by atoms with Gasteiger partial charge in [0, 0.05) is 19.5 Å². The van der Waals surface area contributed by atoms with Gasteiger partial charge in [0.25, 0.3) is 0 Å². The highest BCUT2D eigenvalue weighted by Crippen LogP contribution is 2.07. The number of carbonyl (C=O) groups excluding carboxylic acids is 1. The van der Waals surface area contributed by atoms with Gasteiger partial charge in [0.15, 0.2) is 6.29 Å². The van der Waals surface area contributed by atoms with Gasteiger partial charge < -0.3 is 4.74 Å². The van der Waals surface area contributed by atoms with Crippen LogP contribution in [-0.4, -0.2) is 44.0 Å². The first kappa shape index (κ1) is 13.7. The van der Waals surface area contributed by atoms with E-state index in [9.17, 15) is 4.79 Å². The molecule has 1 aliphatic rings. The molecule has 0 unspecified atom stereocenters. The van der Waals surface area contributed by atoms with Crippen LogP contribution in [0.2, 0.25) is 0 Å². The van der Waals surface area contributed by atoms with Gasteiger partial charge in [-0.05, 0) is 19.4 Å². The van der Waals surface area contributed by atoms with Crippen molar-refractivity contribution >= 4 is 6.29 Å². The molecule has 1 heterocycles. The first-order valence-corrected chi connectivity index (χ1v) is 6.58. The van der Waals surface area contributed by atoms with Gasteiger partial charge in [0.2, 0.25) is 0 Å². The van der Waals surface area contributed by atoms with E-state index in [0.717, 1.165) is 32.7 Å². The summed E-state index contributed by atoms with van der Waals surface area (Å²) in [5.74, 6) is 0. The molecule has 1 aliphatic heterocycles. The first-order valence-electron chi connectivity index (χ1n) is 6.58. The number of hydrogen-bond acceptors (Lipinski definition) is 3. The normalized spacial score (nSPS) is 17.5. The van der Waals surface area contributed by atoms with Crippen LogP contribution in [-0.2, 0) is 9.53 Å². The molecule has 0 saturated carbocycles. The van der Waals surface area contributed by atoms with Crippen molar-refractivity contribution in [1.29, 1.82) is 0 Å². The van der Waals surface area contributed by atoms with Crippen molar-refractivity contribution in [2.24, 2.45) is 0 Å². The maximum absolute atomic E-state index is 9.97. The van der Waals surface area contributed by atoms with E-state index < -0.39 is 0 Å². The fourth-order valence-electron chi connectivity index (χ4n) is 2.06. The minimum atomic E-state index is 0.619. The number of morpholine rings is 1. The van der Waals surface area contributed by atoms with Gasteiger partial charge >= 0.3 is 0 Å². The second kappa shape index (κ2) is 9.79. The van der Waals surface area contributed by atoms with Crippen LogP contribution in [0.1, 0.15) is 44.9 Å². The van der Waals surface area contributed by atoms with Crippen LogP contribution in [0.3, 0.4) is 0 Å². The van der Waals surface area contributed by atoms with E-state index in [-0.39, 0.29) is 0 Å². The Hall–Kier alpha value is -0.410. The third-order valence-electron chi connectivity index (χ3n) is 3.11. The number of unbranched alkanes of at least 4 members (excludes halogenated alkanes) is 6. The molecule has 0 aromatic rings. The maximum Gasteiger partial charge on any atom is 0.198 e. The Labute approximate surface area is 99.1 Å². The smallest absolute Gasteiger partial charge is 0.198 e. The molecular weight excluding hydrogens is 202 g/mol. The van der Waals surface area contributed by atoms with E-state index in [4.69, 9.17) is 4.74 Å². The second-order valence-electron chi connectivity index (χ2n) is 4.47. The molecule has 1 rings (SSSR count). The molecular formula is C13H24NO2. The van der Waals surface area contributed by atoms with Crippen molar-refractivity contribution in [2.75, 3.05) is 32.8 Å². The molecule has 1 radical (unpaired) electrons. The molecule has 93 valence electrons. The van der Waals surface area contributed by atoms with E-state index >= 15 is 0 Å². The van der Waals surface area contributed by atoms with E-state index in [0.29, 0.717) is 6.42 Å². The van der Waals surface area contributed by atoms with Gasteiger partial charge in [-0.1, -0.05) is 25.7 Å². The zero-order chi connectivity index (χ0) is 11.5. The fraction of sp³-hybridized carbons (Fsp3) is 0.923. The molecule has 0 atom stereocenters. The van der Waals surface area contributed by atoms with Gasteiger partial charge in [-0.15, -0.1) is 0 Å². The summed E-state index contributed by atoms with van der Waals surface area (Å²) in [6.45, 7) is 5.25. The van der Waals surface area contributed by atoms with Crippen molar-refractivity contribution < 1.29 is 9.53 Å². The first-order chi connectivity index (χ1) is 7.93. The van der Waals surface area contributed by atoms with Crippen molar-refractivity contribution in [3.8, 4) is 0 Å². The molecule has 0 aliphatic carbocycles. The van der Waals surface area contributed by atoms with Crippen LogP contribution in [0.15, 0.2) is 0 Å². The Bertz CT molecular complexity index is 167. The number of ether oxygens (including phenoxy) is 1. The lowest BCUT2D eigenvalue weighted by Crippen LogP contribution is -2.36. The molecule has 0 aromatic heterocycles. The van der Waals surface area contributed by atoms with Gasteiger partial charge in [-0.25, -0.2) is 0 Å². The molecule has 0 amide bonds. The highest BCUT2D eigenvalue weighted by atomic mass is 16.5. The van der Waals surface area contributed by atoms with Gasteiger partial charge in [0.1, 0.15) is 0 Å². The van der Waals surface area contributed by atoms with Gasteiger partial charge in [-0.2, -0.15) is 0 Å². The molecule has 16 heavy (non-hydrogen) atoms. The average molecular weight is 226 g/mol. The second-order valence-corrected chi connectivity index (χ2v) is 4.47. The molecule has 3 heteroatoms. The standard InChI is InChI=1S/C13H24NO2/c15-11-7-5-3-1-2-4-6-8-14-9-12-16-13-10-14/h1-10,12-13H2. The van der Waals surface area contributed by atoms with Gasteiger partial charge in [-0.3, -0.25) is 9.69 Å². The molecule has 0 aromatic carbocycles. The minimum absolute atomic E-state index is 0.619. The summed E-state index contributed by atoms with van der Waals surface area (Å²) in [4.78, 5) is 12.5. The summed E-state index contributed by atoms with van der Waals surface area (Å²) in [6, 6.07) is 0. The summed E-state index contributed by atoms with van der Waals surface area (Å²) < 4.78 is 5.31. The monoisotopic (exact) mass is 226 g/mol. The largest absolute Gasteiger partial charge is 0.379 e. The predicted molar refractivity (Wildman–Crippen MR) is 65.3 cm³/mol. The van der Waals surface area contributed by atoms with Crippen LogP contribution in [0.4, 0.5) is 0 Å². The lowest BCUT2D eigenvalue weighted by Gasteiger charge is -2.26. The van der Waals surface area contributed by atoms with Crippen molar-refractivity contribution in [3.63, 3.8) is 0 Å². The molecule has 0 bridgehead atoms. The van der Waals surface area contributed by atoms with Crippen molar-refractivity contribution in [1.82, 2.24) is 4.90 Å². The van der Waals surface area contributed by atoms with Crippen LogP contribution in [0.25, 0.3) is 0 Å². The van der Waals surface area contributed by atoms with Crippen molar-refractivity contribution in [3.05, 3.63) is 0 Å². The highest BCUT2D eigenvalue weighted by Gasteiger charge is 2.08. The SMILES string of the molecule is O=[C]CCCCCCCCN1CCOCC1. The Morgan fingerprint density at radius 2 is 1.56 bits per heavy atom. The Morgan fingerprint density at radius 1 is 0.938 bits per heavy atom. The molecule has 0 N–H and O–H groups in total. The summed E-state index contributed by atoms with van der Waals surface area (Å²) in [6.07, 6.45) is 9.98. The van der Waals surface area contributed by atoms with Crippen LogP contribution in [0, 0.1) is 0 Å². The van der Waals surface area contributed by atoms with E-state index in [1.54, 1.807) is 0 Å². The fourth-order valence-corrected chi connectivity index (χ4v) is 2.06. The predicted octanol–water partition coefficient (Wildman–Crippen LogP) is 2.16. The lowest BCUT2D eigenvalue weighted by atomic mass is 10.1. The zero-order valence-corrected chi connectivity index (χ0v) is 10.2. The minimum Gasteiger partial charge on any atom is -0.379 e. The molecule has 1 fully saturated rings. The van der Waals surface area contributed by atoms with Crippen LogP contribution in [0.5, 0.6) is 0 Å². The van der Waals surface area contributed by atoms with E-state index in [1.807, 2.05) is 6.29 Å². The maximum atomic E-state index is 9.97. The average Bonchev–Trinajstić information content (AvgIpc) is 2.34. The number of hydrogen-bond donors (Lipinski definition) is 0.